The fraction of sp³-hybridized carbons (Fsp3) is 0.571. The standard InChI is InChI=1S/C7H9F2N3O3/c8-6(9)5-4(7(14)15)10-11-12(5)2-1-3-13/h6,13H,1-3H2,(H,14,15). The van der Waals surface area contributed by atoms with Gasteiger partial charge >= 0.3 is 5.97 Å². The first-order chi connectivity index (χ1) is 7.07. The van der Waals surface area contributed by atoms with E-state index in [1.54, 1.807) is 0 Å². The molecule has 0 aliphatic rings. The molecule has 6 nitrogen and oxygen atoms in total. The number of rotatable bonds is 5. The third-order valence-electron chi connectivity index (χ3n) is 1.71. The van der Waals surface area contributed by atoms with Crippen LogP contribution in [0.1, 0.15) is 29.0 Å². The van der Waals surface area contributed by atoms with Gasteiger partial charge in [-0.25, -0.2) is 18.3 Å². The average molecular weight is 221 g/mol. The number of halogens is 2. The van der Waals surface area contributed by atoms with Gasteiger partial charge in [-0.15, -0.1) is 5.10 Å². The quantitative estimate of drug-likeness (QED) is 0.746. The van der Waals surface area contributed by atoms with E-state index in [-0.39, 0.29) is 19.6 Å². The summed E-state index contributed by atoms with van der Waals surface area (Å²) in [6, 6.07) is 0. The van der Waals surface area contributed by atoms with Gasteiger partial charge in [0.25, 0.3) is 6.43 Å². The van der Waals surface area contributed by atoms with Crippen molar-refractivity contribution in [3.63, 3.8) is 0 Å². The van der Waals surface area contributed by atoms with Crippen molar-refractivity contribution < 1.29 is 23.8 Å². The van der Waals surface area contributed by atoms with Crippen LogP contribution in [0.25, 0.3) is 0 Å². The minimum absolute atomic E-state index is 0.0104. The number of aliphatic hydroxyl groups excluding tert-OH is 1. The Balaban J connectivity index is 3.01. The lowest BCUT2D eigenvalue weighted by Crippen LogP contribution is -2.10. The second-order valence-electron chi connectivity index (χ2n) is 2.73. The summed E-state index contributed by atoms with van der Waals surface area (Å²) in [4.78, 5) is 10.5. The molecule has 0 saturated carbocycles. The maximum absolute atomic E-state index is 12.5. The number of nitrogens with zero attached hydrogens (tertiary/aromatic N) is 3. The van der Waals surface area contributed by atoms with Gasteiger partial charge in [-0.05, 0) is 6.42 Å². The molecule has 1 aromatic heterocycles. The number of hydrogen-bond donors (Lipinski definition) is 2. The molecule has 1 aromatic rings. The fourth-order valence-electron chi connectivity index (χ4n) is 1.07. The van der Waals surface area contributed by atoms with Crippen molar-refractivity contribution in [1.29, 1.82) is 0 Å². The van der Waals surface area contributed by atoms with Crippen molar-refractivity contribution in [3.05, 3.63) is 11.4 Å². The number of aromatic nitrogens is 3. The van der Waals surface area contributed by atoms with Crippen LogP contribution >= 0.6 is 0 Å². The Morgan fingerprint density at radius 3 is 2.67 bits per heavy atom. The van der Waals surface area contributed by atoms with Gasteiger partial charge in [0.2, 0.25) is 0 Å². The van der Waals surface area contributed by atoms with Crippen molar-refractivity contribution in [2.75, 3.05) is 6.61 Å². The Hall–Kier alpha value is -1.57. The molecule has 0 aromatic carbocycles. The Kier molecular flexibility index (Phi) is 3.67. The fourth-order valence-corrected chi connectivity index (χ4v) is 1.07. The highest BCUT2D eigenvalue weighted by Crippen LogP contribution is 2.21. The van der Waals surface area contributed by atoms with Gasteiger partial charge in [0.1, 0.15) is 5.69 Å². The molecule has 1 heterocycles. The van der Waals surface area contributed by atoms with E-state index in [0.29, 0.717) is 0 Å². The highest BCUT2D eigenvalue weighted by molar-refractivity contribution is 5.86. The van der Waals surface area contributed by atoms with Gasteiger partial charge < -0.3 is 10.2 Å². The smallest absolute Gasteiger partial charge is 0.358 e. The highest BCUT2D eigenvalue weighted by atomic mass is 19.3. The first-order valence-electron chi connectivity index (χ1n) is 4.13. The van der Waals surface area contributed by atoms with Crippen LogP contribution in [0.3, 0.4) is 0 Å². The lowest BCUT2D eigenvalue weighted by Gasteiger charge is -2.04. The molecule has 8 heteroatoms. The van der Waals surface area contributed by atoms with Crippen LogP contribution in [0.2, 0.25) is 0 Å². The first-order valence-corrected chi connectivity index (χ1v) is 4.13. The third-order valence-corrected chi connectivity index (χ3v) is 1.71. The predicted molar refractivity (Wildman–Crippen MR) is 43.6 cm³/mol. The monoisotopic (exact) mass is 221 g/mol. The lowest BCUT2D eigenvalue weighted by molar-refractivity contribution is 0.0675. The van der Waals surface area contributed by atoms with Gasteiger partial charge in [0.05, 0.1) is 0 Å². The Morgan fingerprint density at radius 1 is 1.53 bits per heavy atom. The third kappa shape index (κ3) is 2.46. The lowest BCUT2D eigenvalue weighted by atomic mass is 10.3. The zero-order valence-electron chi connectivity index (χ0n) is 7.60. The molecule has 15 heavy (non-hydrogen) atoms. The first kappa shape index (κ1) is 11.5. The van der Waals surface area contributed by atoms with Crippen LogP contribution < -0.4 is 0 Å². The number of alkyl halides is 2. The molecule has 0 amide bonds. The minimum Gasteiger partial charge on any atom is -0.476 e. The Bertz CT molecular complexity index is 353. The molecule has 0 radical (unpaired) electrons. The van der Waals surface area contributed by atoms with E-state index in [4.69, 9.17) is 10.2 Å². The summed E-state index contributed by atoms with van der Waals surface area (Å²) < 4.78 is 25.8. The predicted octanol–water partition coefficient (Wildman–Crippen LogP) is 0.296. The molecule has 0 spiro atoms. The molecule has 1 rings (SSSR count). The zero-order valence-corrected chi connectivity index (χ0v) is 7.60. The topological polar surface area (TPSA) is 88.2 Å². The van der Waals surface area contributed by atoms with E-state index in [9.17, 15) is 13.6 Å². The van der Waals surface area contributed by atoms with E-state index >= 15 is 0 Å². The highest BCUT2D eigenvalue weighted by Gasteiger charge is 2.25. The number of carboxylic acids is 1. The molecular formula is C7H9F2N3O3. The maximum Gasteiger partial charge on any atom is 0.358 e. The normalized spacial score (nSPS) is 10.9. The molecule has 0 bridgehead atoms. The summed E-state index contributed by atoms with van der Waals surface area (Å²) >= 11 is 0. The summed E-state index contributed by atoms with van der Waals surface area (Å²) in [6.07, 6.45) is -2.74. The minimum atomic E-state index is -2.95. The van der Waals surface area contributed by atoms with E-state index in [1.807, 2.05) is 0 Å². The zero-order chi connectivity index (χ0) is 11.4. The summed E-state index contributed by atoms with van der Waals surface area (Å²) in [5.74, 6) is -1.54. The van der Waals surface area contributed by atoms with Crippen LogP contribution in [-0.2, 0) is 6.54 Å². The summed E-state index contributed by atoms with van der Waals surface area (Å²) in [5, 5.41) is 23.5. The second-order valence-corrected chi connectivity index (χ2v) is 2.73. The maximum atomic E-state index is 12.5. The van der Waals surface area contributed by atoms with Gasteiger partial charge in [0, 0.05) is 13.2 Å². The number of carbonyl (C=O) groups is 1. The molecular weight excluding hydrogens is 212 g/mol. The van der Waals surface area contributed by atoms with E-state index in [1.165, 1.54) is 0 Å². The van der Waals surface area contributed by atoms with E-state index in [0.717, 1.165) is 4.68 Å². The molecule has 0 fully saturated rings. The van der Waals surface area contributed by atoms with E-state index in [2.05, 4.69) is 10.3 Å². The molecule has 0 aliphatic heterocycles. The average Bonchev–Trinajstić information content (AvgIpc) is 2.58. The van der Waals surface area contributed by atoms with Gasteiger partial charge in [-0.2, -0.15) is 0 Å². The molecule has 0 aliphatic carbocycles. The number of aromatic carboxylic acids is 1. The molecule has 84 valence electrons. The summed E-state index contributed by atoms with van der Waals surface area (Å²) in [7, 11) is 0. The largest absolute Gasteiger partial charge is 0.476 e. The van der Waals surface area contributed by atoms with Gasteiger partial charge in [-0.1, -0.05) is 5.21 Å². The number of hydrogen-bond acceptors (Lipinski definition) is 4. The van der Waals surface area contributed by atoms with Crippen LogP contribution in [0.4, 0.5) is 8.78 Å². The van der Waals surface area contributed by atoms with Crippen LogP contribution in [0, 0.1) is 0 Å². The Labute approximate surface area is 83.1 Å². The Morgan fingerprint density at radius 2 is 2.20 bits per heavy atom. The van der Waals surface area contributed by atoms with E-state index < -0.39 is 23.8 Å². The van der Waals surface area contributed by atoms with Crippen LogP contribution in [-0.4, -0.2) is 37.8 Å². The SMILES string of the molecule is O=C(O)c1nnn(CCCO)c1C(F)F. The molecule has 2 N–H and O–H groups in total. The van der Waals surface area contributed by atoms with Crippen molar-refractivity contribution in [3.8, 4) is 0 Å². The van der Waals surface area contributed by atoms with Gasteiger partial charge in [0.15, 0.2) is 5.69 Å². The number of carboxylic acid groups (broad SMARTS) is 1. The van der Waals surface area contributed by atoms with Crippen molar-refractivity contribution in [1.82, 2.24) is 15.0 Å². The molecule has 0 unspecified atom stereocenters. The van der Waals surface area contributed by atoms with Crippen molar-refractivity contribution in [2.45, 2.75) is 19.4 Å². The second kappa shape index (κ2) is 4.78. The number of aryl methyl sites for hydroxylation is 1. The molecule has 0 atom stereocenters. The van der Waals surface area contributed by atoms with Crippen molar-refractivity contribution in [2.24, 2.45) is 0 Å². The van der Waals surface area contributed by atoms with Crippen LogP contribution in [0.15, 0.2) is 0 Å². The van der Waals surface area contributed by atoms with Crippen molar-refractivity contribution >= 4 is 5.97 Å². The number of aliphatic hydroxyl groups is 1. The summed E-state index contributed by atoms with van der Waals surface area (Å²) in [6.45, 7) is -0.179. The van der Waals surface area contributed by atoms with Crippen LogP contribution in [0.5, 0.6) is 0 Å². The molecule has 0 saturated heterocycles. The summed E-state index contributed by atoms with van der Waals surface area (Å²) in [5.41, 5.74) is -1.47. The van der Waals surface area contributed by atoms with Gasteiger partial charge in [-0.3, -0.25) is 0 Å².